The van der Waals surface area contributed by atoms with Crippen molar-refractivity contribution in [2.24, 2.45) is 5.92 Å². The molecule has 2 aliphatic rings. The molecule has 3 nitrogen and oxygen atoms in total. The molecule has 0 aromatic rings. The third kappa shape index (κ3) is 4.26. The predicted molar refractivity (Wildman–Crippen MR) is 83.5 cm³/mol. The highest BCUT2D eigenvalue weighted by Crippen LogP contribution is 2.27. The number of carbonyl (C=O) groups excluding carboxylic acids is 1. The molecule has 0 saturated heterocycles. The first kappa shape index (κ1) is 15.4. The molecule has 2 N–H and O–H groups in total. The fourth-order valence-corrected chi connectivity index (χ4v) is 3.45. The van der Waals surface area contributed by atoms with Crippen molar-refractivity contribution in [3.05, 3.63) is 11.3 Å². The van der Waals surface area contributed by atoms with Gasteiger partial charge >= 0.3 is 6.03 Å². The zero-order valence-electron chi connectivity index (χ0n) is 13.1. The van der Waals surface area contributed by atoms with Crippen LogP contribution in [0.5, 0.6) is 0 Å². The van der Waals surface area contributed by atoms with E-state index in [9.17, 15) is 4.79 Å². The van der Waals surface area contributed by atoms with Gasteiger partial charge in [-0.3, -0.25) is 0 Å². The Bertz CT molecular complexity index is 360. The number of nitrogens with one attached hydrogen (secondary N) is 2. The fourth-order valence-electron chi connectivity index (χ4n) is 3.45. The van der Waals surface area contributed by atoms with Gasteiger partial charge in [0.1, 0.15) is 0 Å². The van der Waals surface area contributed by atoms with Crippen LogP contribution in [-0.4, -0.2) is 12.1 Å². The molecule has 0 saturated carbocycles. The van der Waals surface area contributed by atoms with Crippen LogP contribution in [0.1, 0.15) is 78.1 Å². The van der Waals surface area contributed by atoms with Crippen molar-refractivity contribution in [2.45, 2.75) is 84.1 Å². The molecule has 0 radical (unpaired) electrons. The number of urea groups is 1. The lowest BCUT2D eigenvalue weighted by atomic mass is 9.87. The van der Waals surface area contributed by atoms with Gasteiger partial charge < -0.3 is 10.6 Å². The molecule has 1 atom stereocenters. The summed E-state index contributed by atoms with van der Waals surface area (Å²) in [5.74, 6) is 0.471. The summed E-state index contributed by atoms with van der Waals surface area (Å²) in [4.78, 5) is 11.9. The molecule has 0 aromatic carbocycles. The van der Waals surface area contributed by atoms with Gasteiger partial charge in [-0.15, -0.1) is 0 Å². The number of carbonyl (C=O) groups is 1. The van der Waals surface area contributed by atoms with Crippen molar-refractivity contribution in [2.75, 3.05) is 0 Å². The van der Waals surface area contributed by atoms with E-state index in [-0.39, 0.29) is 12.1 Å². The van der Waals surface area contributed by atoms with Crippen molar-refractivity contribution in [1.82, 2.24) is 10.6 Å². The van der Waals surface area contributed by atoms with Crippen LogP contribution in [0, 0.1) is 5.92 Å². The zero-order chi connectivity index (χ0) is 14.4. The maximum absolute atomic E-state index is 11.9. The summed E-state index contributed by atoms with van der Waals surface area (Å²) < 4.78 is 0. The van der Waals surface area contributed by atoms with Gasteiger partial charge in [0.2, 0.25) is 0 Å². The van der Waals surface area contributed by atoms with Gasteiger partial charge in [-0.05, 0) is 37.2 Å². The molecular formula is C17H30N2O. The van der Waals surface area contributed by atoms with Gasteiger partial charge in [0.15, 0.2) is 0 Å². The summed E-state index contributed by atoms with van der Waals surface area (Å²) in [6.07, 6.45) is 12.8. The van der Waals surface area contributed by atoms with Crippen molar-refractivity contribution in [3.63, 3.8) is 0 Å². The lowest BCUT2D eigenvalue weighted by Gasteiger charge is -2.33. The van der Waals surface area contributed by atoms with E-state index in [1.54, 1.807) is 0 Å². The normalized spacial score (nSPS) is 26.1. The summed E-state index contributed by atoms with van der Waals surface area (Å²) in [7, 11) is 0. The van der Waals surface area contributed by atoms with E-state index in [1.165, 1.54) is 62.6 Å². The van der Waals surface area contributed by atoms with Crippen LogP contribution >= 0.6 is 0 Å². The van der Waals surface area contributed by atoms with Crippen LogP contribution in [0.3, 0.4) is 0 Å². The van der Waals surface area contributed by atoms with Crippen molar-refractivity contribution >= 4 is 6.03 Å². The minimum atomic E-state index is -0.00505. The standard InChI is InChI=1S/C17H30N2O/c1-13(2)16-14-11-9-7-5-3-4-6-8-10-12-15(14)18-17(20)19-16/h13,16H,3-12H2,1-2H3,(H2,18,19,20). The second-order valence-electron chi connectivity index (χ2n) is 6.65. The molecule has 1 aliphatic heterocycles. The molecule has 114 valence electrons. The fraction of sp³-hybridized carbons (Fsp3) is 0.824. The summed E-state index contributed by atoms with van der Waals surface area (Å²) in [6.45, 7) is 4.41. The predicted octanol–water partition coefficient (Wildman–Crippen LogP) is 4.49. The Hall–Kier alpha value is -0.990. The highest BCUT2D eigenvalue weighted by Gasteiger charge is 2.28. The van der Waals surface area contributed by atoms with Gasteiger partial charge in [-0.1, -0.05) is 52.4 Å². The van der Waals surface area contributed by atoms with Gasteiger partial charge in [0, 0.05) is 5.70 Å². The van der Waals surface area contributed by atoms with Crippen molar-refractivity contribution in [3.8, 4) is 0 Å². The van der Waals surface area contributed by atoms with Crippen LogP contribution in [0.15, 0.2) is 11.3 Å². The molecule has 2 amide bonds. The van der Waals surface area contributed by atoms with E-state index >= 15 is 0 Å². The van der Waals surface area contributed by atoms with Gasteiger partial charge in [-0.2, -0.15) is 0 Å². The quantitative estimate of drug-likeness (QED) is 0.729. The van der Waals surface area contributed by atoms with E-state index in [2.05, 4.69) is 24.5 Å². The van der Waals surface area contributed by atoms with E-state index < -0.39 is 0 Å². The van der Waals surface area contributed by atoms with Crippen LogP contribution < -0.4 is 10.6 Å². The van der Waals surface area contributed by atoms with E-state index in [1.807, 2.05) is 0 Å². The third-order valence-corrected chi connectivity index (χ3v) is 4.60. The van der Waals surface area contributed by atoms with Gasteiger partial charge in [0.25, 0.3) is 0 Å². The van der Waals surface area contributed by atoms with Crippen LogP contribution in [0.4, 0.5) is 4.79 Å². The highest BCUT2D eigenvalue weighted by molar-refractivity contribution is 5.78. The Morgan fingerprint density at radius 3 is 2.05 bits per heavy atom. The van der Waals surface area contributed by atoms with E-state index in [0.29, 0.717) is 5.92 Å². The second-order valence-corrected chi connectivity index (χ2v) is 6.65. The van der Waals surface area contributed by atoms with Crippen LogP contribution in [0.2, 0.25) is 0 Å². The largest absolute Gasteiger partial charge is 0.331 e. The molecule has 1 heterocycles. The Kier molecular flexibility index (Phi) is 5.93. The molecular weight excluding hydrogens is 248 g/mol. The van der Waals surface area contributed by atoms with E-state index in [4.69, 9.17) is 0 Å². The summed E-state index contributed by atoms with van der Waals surface area (Å²) in [6, 6.07) is 0.233. The van der Waals surface area contributed by atoms with Crippen LogP contribution in [0.25, 0.3) is 0 Å². The zero-order valence-corrected chi connectivity index (χ0v) is 13.1. The lowest BCUT2D eigenvalue weighted by molar-refractivity contribution is 0.233. The monoisotopic (exact) mass is 278 g/mol. The second kappa shape index (κ2) is 7.70. The Morgan fingerprint density at radius 2 is 1.45 bits per heavy atom. The molecule has 20 heavy (non-hydrogen) atoms. The summed E-state index contributed by atoms with van der Waals surface area (Å²) >= 11 is 0. The van der Waals surface area contributed by atoms with E-state index in [0.717, 1.165) is 12.8 Å². The number of hydrogen-bond acceptors (Lipinski definition) is 1. The average molecular weight is 278 g/mol. The first-order chi connectivity index (χ1) is 9.68. The molecule has 0 fully saturated rings. The Balaban J connectivity index is 2.13. The molecule has 0 aromatic heterocycles. The molecule has 1 aliphatic carbocycles. The van der Waals surface area contributed by atoms with Crippen molar-refractivity contribution < 1.29 is 4.79 Å². The minimum Gasteiger partial charge on any atom is -0.331 e. The van der Waals surface area contributed by atoms with Gasteiger partial charge in [-0.25, -0.2) is 4.79 Å². The number of allylic oxidation sites excluding steroid dienone is 1. The minimum absolute atomic E-state index is 0.00505. The Morgan fingerprint density at radius 1 is 0.900 bits per heavy atom. The average Bonchev–Trinajstić information content (AvgIpc) is 2.39. The summed E-state index contributed by atoms with van der Waals surface area (Å²) in [5, 5.41) is 6.20. The smallest absolute Gasteiger partial charge is 0.319 e. The molecule has 1 unspecified atom stereocenters. The first-order valence-electron chi connectivity index (χ1n) is 8.48. The van der Waals surface area contributed by atoms with Gasteiger partial charge in [0.05, 0.1) is 6.04 Å². The number of rotatable bonds is 1. The van der Waals surface area contributed by atoms with Crippen LogP contribution in [-0.2, 0) is 0 Å². The number of amides is 2. The molecule has 0 bridgehead atoms. The maximum atomic E-state index is 11.9. The third-order valence-electron chi connectivity index (χ3n) is 4.60. The highest BCUT2D eigenvalue weighted by atomic mass is 16.2. The first-order valence-corrected chi connectivity index (χ1v) is 8.48. The van der Waals surface area contributed by atoms with Crippen molar-refractivity contribution in [1.29, 1.82) is 0 Å². The SMILES string of the molecule is CC(C)C1NC(=O)NC2=C1CCCCCCCCCC2. The maximum Gasteiger partial charge on any atom is 0.319 e. The lowest BCUT2D eigenvalue weighted by Crippen LogP contribution is -2.50. The summed E-state index contributed by atoms with van der Waals surface area (Å²) in [5.41, 5.74) is 2.70. The molecule has 2 rings (SSSR count). The topological polar surface area (TPSA) is 41.1 Å². The number of hydrogen-bond donors (Lipinski definition) is 2. The molecule has 0 spiro atoms. The Labute approximate surface area is 123 Å². The molecule has 3 heteroatoms.